The smallest absolute Gasteiger partial charge is 0.331 e. The zero-order chi connectivity index (χ0) is 17.3. The Morgan fingerprint density at radius 1 is 1.16 bits per heavy atom. The number of carboxylic acids is 1. The van der Waals surface area contributed by atoms with Crippen LogP contribution in [0.1, 0.15) is 12.8 Å². The lowest BCUT2D eigenvalue weighted by atomic mass is 9.87. The van der Waals surface area contributed by atoms with Crippen molar-refractivity contribution in [2.24, 2.45) is 0 Å². The largest absolute Gasteiger partial charge is 0.479 e. The molecule has 128 valence electrons. The van der Waals surface area contributed by atoms with E-state index in [1.807, 2.05) is 18.2 Å². The summed E-state index contributed by atoms with van der Waals surface area (Å²) in [5, 5.41) is 14.4. The van der Waals surface area contributed by atoms with E-state index < -0.39 is 11.5 Å². The molecule has 1 aliphatic rings. The average molecular weight is 338 g/mol. The first-order valence-electron chi connectivity index (χ1n) is 8.17. The Kier molecular flexibility index (Phi) is 3.76. The van der Waals surface area contributed by atoms with Crippen molar-refractivity contribution in [2.45, 2.75) is 18.4 Å². The summed E-state index contributed by atoms with van der Waals surface area (Å²) in [5.74, 6) is -0.218. The molecule has 1 saturated heterocycles. The minimum atomic E-state index is -1.03. The van der Waals surface area contributed by atoms with Crippen LogP contribution in [0.25, 0.3) is 11.5 Å². The Bertz CT molecular complexity index is 850. The number of pyridine rings is 1. The van der Waals surface area contributed by atoms with Crippen molar-refractivity contribution in [1.82, 2.24) is 14.8 Å². The van der Waals surface area contributed by atoms with Gasteiger partial charge >= 0.3 is 5.97 Å². The zero-order valence-corrected chi connectivity index (χ0v) is 13.6. The zero-order valence-electron chi connectivity index (χ0n) is 13.6. The monoisotopic (exact) mass is 338 g/mol. The lowest BCUT2D eigenvalue weighted by Crippen LogP contribution is -2.51. The summed E-state index contributed by atoms with van der Waals surface area (Å²) in [6.45, 7) is 1.29. The number of aromatic nitrogens is 3. The Labute approximate surface area is 144 Å². The van der Waals surface area contributed by atoms with Gasteiger partial charge < -0.3 is 14.4 Å². The van der Waals surface area contributed by atoms with Crippen molar-refractivity contribution < 1.29 is 14.3 Å². The molecule has 0 amide bonds. The number of aliphatic carboxylic acids is 1. The van der Waals surface area contributed by atoms with Gasteiger partial charge in [-0.15, -0.1) is 0 Å². The number of rotatable bonds is 4. The van der Waals surface area contributed by atoms with E-state index in [1.54, 1.807) is 41.7 Å². The highest BCUT2D eigenvalue weighted by molar-refractivity contribution is 5.77. The molecular formula is C18H18N4O3. The number of carboxylic acid groups (broad SMARTS) is 1. The van der Waals surface area contributed by atoms with E-state index in [-0.39, 0.29) is 0 Å². The summed E-state index contributed by atoms with van der Waals surface area (Å²) in [6, 6.07) is 9.27. The fraction of sp³-hybridized carbons (Fsp3) is 0.278. The third-order valence-electron chi connectivity index (χ3n) is 4.82. The van der Waals surface area contributed by atoms with Crippen LogP contribution in [0.15, 0.2) is 59.6 Å². The highest BCUT2D eigenvalue weighted by atomic mass is 16.4. The van der Waals surface area contributed by atoms with E-state index in [1.165, 1.54) is 0 Å². The summed E-state index contributed by atoms with van der Waals surface area (Å²) >= 11 is 0. The molecule has 7 heteroatoms. The molecule has 0 spiro atoms. The summed E-state index contributed by atoms with van der Waals surface area (Å²) in [7, 11) is 0. The number of piperidine rings is 1. The van der Waals surface area contributed by atoms with E-state index in [9.17, 15) is 9.90 Å². The van der Waals surface area contributed by atoms with Gasteiger partial charge in [0.15, 0.2) is 11.3 Å². The van der Waals surface area contributed by atoms with Crippen molar-refractivity contribution in [3.8, 4) is 11.5 Å². The first-order chi connectivity index (χ1) is 12.2. The quantitative estimate of drug-likeness (QED) is 0.787. The summed E-state index contributed by atoms with van der Waals surface area (Å²) in [5.41, 5.74) is 0.668. The van der Waals surface area contributed by atoms with Crippen LogP contribution in [-0.4, -0.2) is 38.9 Å². The molecule has 1 fully saturated rings. The third kappa shape index (κ3) is 2.67. The lowest BCUT2D eigenvalue weighted by Gasteiger charge is -2.39. The number of nitrogens with zero attached hydrogens (tertiary/aromatic N) is 4. The average Bonchev–Trinajstić information content (AvgIpc) is 3.34. The Balaban J connectivity index is 1.59. The van der Waals surface area contributed by atoms with Crippen LogP contribution in [0.5, 0.6) is 0 Å². The Morgan fingerprint density at radius 3 is 2.56 bits per heavy atom. The van der Waals surface area contributed by atoms with Crippen LogP contribution in [-0.2, 0) is 10.3 Å². The second kappa shape index (κ2) is 6.08. The first kappa shape index (κ1) is 15.4. The van der Waals surface area contributed by atoms with E-state index in [4.69, 9.17) is 4.42 Å². The molecule has 3 aromatic rings. The van der Waals surface area contributed by atoms with Gasteiger partial charge in [0.2, 0.25) is 0 Å². The minimum absolute atomic E-state index is 0.476. The molecule has 3 aromatic heterocycles. The number of furan rings is 1. The van der Waals surface area contributed by atoms with Crippen LogP contribution >= 0.6 is 0 Å². The number of hydrogen-bond acceptors (Lipinski definition) is 5. The SMILES string of the molecule is O=C(O)C1(n2ccc(-c3ccco3)n2)CCN(c2ccncc2)CC1. The highest BCUT2D eigenvalue weighted by Gasteiger charge is 2.44. The molecule has 1 aliphatic heterocycles. The molecular weight excluding hydrogens is 320 g/mol. The van der Waals surface area contributed by atoms with Crippen molar-refractivity contribution in [3.05, 3.63) is 55.2 Å². The predicted octanol–water partition coefficient (Wildman–Crippen LogP) is 2.62. The molecule has 25 heavy (non-hydrogen) atoms. The van der Waals surface area contributed by atoms with Crippen molar-refractivity contribution in [3.63, 3.8) is 0 Å². The maximum atomic E-state index is 12.1. The minimum Gasteiger partial charge on any atom is -0.479 e. The van der Waals surface area contributed by atoms with Gasteiger partial charge in [-0.05, 0) is 30.3 Å². The van der Waals surface area contributed by atoms with Gasteiger partial charge in [0.25, 0.3) is 0 Å². The standard InChI is InChI=1S/C18H18N4O3/c23-17(24)18(22-10-5-15(20-22)16-2-1-13-25-16)6-11-21(12-7-18)14-3-8-19-9-4-14/h1-5,8-10,13H,6-7,11-12H2,(H,23,24). The normalized spacial score (nSPS) is 16.7. The summed E-state index contributed by atoms with van der Waals surface area (Å²) in [4.78, 5) is 18.3. The van der Waals surface area contributed by atoms with Gasteiger partial charge in [0, 0.05) is 50.2 Å². The molecule has 4 heterocycles. The molecule has 0 atom stereocenters. The third-order valence-corrected chi connectivity index (χ3v) is 4.82. The van der Waals surface area contributed by atoms with Crippen LogP contribution in [0, 0.1) is 0 Å². The maximum absolute atomic E-state index is 12.1. The number of carbonyl (C=O) groups is 1. The maximum Gasteiger partial charge on any atom is 0.331 e. The molecule has 7 nitrogen and oxygen atoms in total. The van der Waals surface area contributed by atoms with Crippen LogP contribution < -0.4 is 4.90 Å². The Morgan fingerprint density at radius 2 is 1.92 bits per heavy atom. The van der Waals surface area contributed by atoms with Crippen molar-refractivity contribution in [1.29, 1.82) is 0 Å². The molecule has 0 bridgehead atoms. The van der Waals surface area contributed by atoms with E-state index >= 15 is 0 Å². The van der Waals surface area contributed by atoms with Crippen LogP contribution in [0.4, 0.5) is 5.69 Å². The molecule has 0 radical (unpaired) electrons. The Hall–Kier alpha value is -3.09. The van der Waals surface area contributed by atoms with E-state index in [0.717, 1.165) is 5.69 Å². The molecule has 0 aliphatic carbocycles. The van der Waals surface area contributed by atoms with E-state index in [2.05, 4.69) is 15.0 Å². The van der Waals surface area contributed by atoms with Gasteiger partial charge in [-0.3, -0.25) is 9.67 Å². The summed E-state index contributed by atoms with van der Waals surface area (Å²) in [6.07, 6.45) is 7.76. The molecule has 4 rings (SSSR count). The van der Waals surface area contributed by atoms with Gasteiger partial charge in [-0.2, -0.15) is 5.10 Å². The van der Waals surface area contributed by atoms with Crippen molar-refractivity contribution in [2.75, 3.05) is 18.0 Å². The topological polar surface area (TPSA) is 84.4 Å². The first-order valence-corrected chi connectivity index (χ1v) is 8.17. The van der Waals surface area contributed by atoms with Crippen LogP contribution in [0.3, 0.4) is 0 Å². The van der Waals surface area contributed by atoms with Gasteiger partial charge in [-0.25, -0.2) is 4.79 Å². The van der Waals surface area contributed by atoms with E-state index in [0.29, 0.717) is 37.4 Å². The summed E-state index contributed by atoms with van der Waals surface area (Å²) < 4.78 is 6.93. The molecule has 1 N–H and O–H groups in total. The fourth-order valence-electron chi connectivity index (χ4n) is 3.35. The molecule has 0 unspecified atom stereocenters. The van der Waals surface area contributed by atoms with Crippen LogP contribution in [0.2, 0.25) is 0 Å². The number of hydrogen-bond donors (Lipinski definition) is 1. The molecule has 0 aromatic carbocycles. The van der Waals surface area contributed by atoms with Crippen molar-refractivity contribution >= 4 is 11.7 Å². The van der Waals surface area contributed by atoms with Gasteiger partial charge in [0.1, 0.15) is 5.69 Å². The second-order valence-corrected chi connectivity index (χ2v) is 6.15. The highest BCUT2D eigenvalue weighted by Crippen LogP contribution is 2.33. The lowest BCUT2D eigenvalue weighted by molar-refractivity contribution is -0.149. The molecule has 0 saturated carbocycles. The van der Waals surface area contributed by atoms with Gasteiger partial charge in [-0.1, -0.05) is 0 Å². The predicted molar refractivity (Wildman–Crippen MR) is 91.2 cm³/mol. The van der Waals surface area contributed by atoms with Gasteiger partial charge in [0.05, 0.1) is 6.26 Å². The fourth-order valence-corrected chi connectivity index (χ4v) is 3.35. The second-order valence-electron chi connectivity index (χ2n) is 6.15. The number of anilines is 1.